The Labute approximate surface area is 200 Å². The van der Waals surface area contributed by atoms with Crippen molar-refractivity contribution in [3.63, 3.8) is 0 Å². The Morgan fingerprint density at radius 1 is 1.29 bits per heavy atom. The molecule has 0 saturated carbocycles. The molecule has 1 aliphatic heterocycles. The first-order chi connectivity index (χ1) is 16.1. The minimum atomic E-state index is -1.83. The Morgan fingerprint density at radius 2 is 2.03 bits per heavy atom. The van der Waals surface area contributed by atoms with Crippen molar-refractivity contribution >= 4 is 34.4 Å². The zero-order valence-electron chi connectivity index (χ0n) is 19.5. The van der Waals surface area contributed by atoms with Gasteiger partial charge < -0.3 is 34.7 Å². The fraction of sp³-hybridized carbons (Fsp3) is 0.435. The summed E-state index contributed by atoms with van der Waals surface area (Å²) >= 11 is -1.83. The number of hydrogen-bond acceptors (Lipinski definition) is 9. The van der Waals surface area contributed by atoms with Crippen molar-refractivity contribution in [1.29, 1.82) is 0 Å². The molecule has 3 atom stereocenters. The number of para-hydroxylation sites is 1. The second kappa shape index (κ2) is 9.61. The number of nitrogens with one attached hydrogen (secondary N) is 2. The lowest BCUT2D eigenvalue weighted by atomic mass is 10.0. The van der Waals surface area contributed by atoms with E-state index in [1.165, 1.54) is 11.0 Å². The van der Waals surface area contributed by atoms with Crippen LogP contribution in [-0.2, 0) is 0 Å². The number of furan rings is 1. The number of amides is 1. The van der Waals surface area contributed by atoms with Crippen molar-refractivity contribution < 1.29 is 24.0 Å². The van der Waals surface area contributed by atoms with Crippen LogP contribution in [0.2, 0.25) is 0 Å². The van der Waals surface area contributed by atoms with Gasteiger partial charge in [0.05, 0.1) is 23.4 Å². The summed E-state index contributed by atoms with van der Waals surface area (Å²) in [5.41, 5.74) is 1.36. The molecule has 1 amide bonds. The van der Waals surface area contributed by atoms with Gasteiger partial charge in [0.25, 0.3) is 5.91 Å². The van der Waals surface area contributed by atoms with E-state index in [4.69, 9.17) is 4.42 Å². The number of carbonyl (C=O) groups excluding carboxylic acids is 1. The Bertz CT molecular complexity index is 1170. The van der Waals surface area contributed by atoms with Gasteiger partial charge in [-0.05, 0) is 49.9 Å². The van der Waals surface area contributed by atoms with E-state index in [-0.39, 0.29) is 53.0 Å². The lowest BCUT2D eigenvalue weighted by Gasteiger charge is -2.20. The number of anilines is 3. The Balaban J connectivity index is 1.59. The van der Waals surface area contributed by atoms with Gasteiger partial charge in [-0.1, -0.05) is 19.9 Å². The van der Waals surface area contributed by atoms with E-state index in [1.54, 1.807) is 12.1 Å². The first kappa shape index (κ1) is 24.0. The van der Waals surface area contributed by atoms with Gasteiger partial charge in [0, 0.05) is 21.8 Å². The number of aryl methyl sites for hydroxylation is 2. The van der Waals surface area contributed by atoms with Crippen LogP contribution in [0.4, 0.5) is 17.3 Å². The number of aromatic hydroxyl groups is 1. The number of β-amino-alcohol motifs (C(OH)–C–C–N with tert-alkyl or cyclic N) is 1. The smallest absolute Gasteiger partial charge is 0.257 e. The molecule has 0 radical (unpaired) electrons. The zero-order chi connectivity index (χ0) is 24.6. The molecule has 0 bridgehead atoms. The van der Waals surface area contributed by atoms with E-state index in [0.29, 0.717) is 13.0 Å². The molecule has 1 unspecified atom stereocenters. The van der Waals surface area contributed by atoms with Gasteiger partial charge in [0.15, 0.2) is 16.9 Å². The summed E-state index contributed by atoms with van der Waals surface area (Å²) in [5.74, 6) is 1.49. The lowest BCUT2D eigenvalue weighted by Crippen LogP contribution is -2.29. The molecule has 4 N–H and O–H groups in total. The number of carbonyl (C=O) groups is 1. The number of aromatic nitrogens is 2. The summed E-state index contributed by atoms with van der Waals surface area (Å²) in [6, 6.07) is 6.44. The van der Waals surface area contributed by atoms with Crippen LogP contribution in [0.3, 0.4) is 0 Å². The number of phenols is 1. The molecule has 3 heterocycles. The Hall–Kier alpha value is -3.15. The molecule has 0 aliphatic carbocycles. The normalized spacial score (nSPS) is 17.3. The maximum absolute atomic E-state index is 12.8. The molecule has 10 nitrogen and oxygen atoms in total. The van der Waals surface area contributed by atoms with E-state index in [0.717, 1.165) is 17.1 Å². The molecule has 0 spiro atoms. The summed E-state index contributed by atoms with van der Waals surface area (Å²) in [6.07, 6.45) is -0.0553. The van der Waals surface area contributed by atoms with E-state index in [2.05, 4.69) is 19.4 Å². The highest BCUT2D eigenvalue weighted by atomic mass is 32.2. The second-order valence-corrected chi connectivity index (χ2v) is 9.71. The number of hydrogen-bond donors (Lipinski definition) is 4. The fourth-order valence-electron chi connectivity index (χ4n) is 3.95. The molecule has 182 valence electrons. The molecule has 1 aliphatic rings. The number of aliphatic hydroxyl groups excluding tert-OH is 1. The number of aliphatic hydroxyl groups is 1. The standard InChI is InChI=1S/C23H29N5O5S/c1-12(2)19(18-10-13(3)14(4)33-18)25-22-21(26-34(32)27-22)24-17-7-5-6-16(20(17)30)23(31)28-9-8-15(29)11-28/h5-7,10,12,15,19,29-30H,8-9,11H2,1-4H3,(H,24,26)(H,25,27)/t15-,19-,34?/m1/s1. The number of likely N-dealkylation sites (tertiary alicyclic amines) is 1. The first-order valence-corrected chi connectivity index (χ1v) is 12.2. The number of phenolic OH excluding ortho intramolecular Hbond substituents is 1. The maximum Gasteiger partial charge on any atom is 0.257 e. The van der Waals surface area contributed by atoms with Crippen molar-refractivity contribution in [1.82, 2.24) is 13.6 Å². The Morgan fingerprint density at radius 3 is 2.65 bits per heavy atom. The van der Waals surface area contributed by atoms with Crippen molar-refractivity contribution in [2.45, 2.75) is 46.3 Å². The number of rotatable bonds is 7. The molecule has 1 fully saturated rings. The summed E-state index contributed by atoms with van der Waals surface area (Å²) in [6.45, 7) is 8.56. The van der Waals surface area contributed by atoms with Gasteiger partial charge in [-0.15, -0.1) is 0 Å². The maximum atomic E-state index is 12.8. The predicted molar refractivity (Wildman–Crippen MR) is 128 cm³/mol. The SMILES string of the molecule is Cc1cc([C@H](Nc2n[s+]([O-])nc2Nc2cccc(C(=O)N3CC[C@@H](O)C3)c2O)C(C)C)oc1C. The van der Waals surface area contributed by atoms with E-state index in [9.17, 15) is 19.6 Å². The largest absolute Gasteiger partial charge is 0.546 e. The van der Waals surface area contributed by atoms with Crippen molar-refractivity contribution in [2.24, 2.45) is 5.92 Å². The van der Waals surface area contributed by atoms with Crippen molar-refractivity contribution in [3.8, 4) is 5.75 Å². The molecule has 2 aromatic heterocycles. The van der Waals surface area contributed by atoms with Crippen molar-refractivity contribution in [2.75, 3.05) is 23.7 Å². The highest BCUT2D eigenvalue weighted by Crippen LogP contribution is 2.37. The second-order valence-electron chi connectivity index (χ2n) is 8.88. The van der Waals surface area contributed by atoms with Crippen LogP contribution >= 0.6 is 11.1 Å². The average Bonchev–Trinajstić information content (AvgIpc) is 3.46. The van der Waals surface area contributed by atoms with E-state index >= 15 is 0 Å². The Kier molecular flexibility index (Phi) is 6.78. The quantitative estimate of drug-likeness (QED) is 0.288. The van der Waals surface area contributed by atoms with E-state index in [1.807, 2.05) is 33.8 Å². The van der Waals surface area contributed by atoms with Crippen LogP contribution in [0.25, 0.3) is 0 Å². The van der Waals surface area contributed by atoms with Crippen molar-refractivity contribution in [3.05, 3.63) is 46.9 Å². The first-order valence-electron chi connectivity index (χ1n) is 11.1. The van der Waals surface area contributed by atoms with Gasteiger partial charge in [0.2, 0.25) is 11.6 Å². The summed E-state index contributed by atoms with van der Waals surface area (Å²) < 4.78 is 26.2. The third kappa shape index (κ3) is 4.86. The van der Waals surface area contributed by atoms with Gasteiger partial charge >= 0.3 is 0 Å². The van der Waals surface area contributed by atoms with Crippen LogP contribution in [-0.4, -0.2) is 53.5 Å². The lowest BCUT2D eigenvalue weighted by molar-refractivity contribution is 0.0762. The summed E-state index contributed by atoms with van der Waals surface area (Å²) in [5, 5.41) is 26.8. The van der Waals surface area contributed by atoms with Crippen LogP contribution in [0.5, 0.6) is 5.75 Å². The zero-order valence-corrected chi connectivity index (χ0v) is 20.3. The summed E-state index contributed by atoms with van der Waals surface area (Å²) in [7, 11) is 0. The monoisotopic (exact) mass is 487 g/mol. The minimum Gasteiger partial charge on any atom is -0.546 e. The molecule has 3 aromatic rings. The number of benzene rings is 1. The molecular formula is C23H29N5O5S. The van der Waals surface area contributed by atoms with Gasteiger partial charge in [-0.2, -0.15) is 0 Å². The highest BCUT2D eigenvalue weighted by molar-refractivity contribution is 7.14. The van der Waals surface area contributed by atoms with Crippen LogP contribution in [0.15, 0.2) is 28.7 Å². The third-order valence-corrected chi connectivity index (χ3v) is 6.66. The molecule has 34 heavy (non-hydrogen) atoms. The van der Waals surface area contributed by atoms with Gasteiger partial charge in [0.1, 0.15) is 11.5 Å². The molecular weight excluding hydrogens is 458 g/mol. The van der Waals surface area contributed by atoms with Crippen LogP contribution < -0.4 is 10.6 Å². The summed E-state index contributed by atoms with van der Waals surface area (Å²) in [4.78, 5) is 14.3. The molecule has 1 aromatic carbocycles. The number of nitrogens with zero attached hydrogens (tertiary/aromatic N) is 3. The van der Waals surface area contributed by atoms with Crippen LogP contribution in [0, 0.1) is 19.8 Å². The molecule has 1 saturated heterocycles. The predicted octanol–water partition coefficient (Wildman–Crippen LogP) is 3.88. The van der Waals surface area contributed by atoms with E-state index < -0.39 is 17.2 Å². The molecule has 11 heteroatoms. The van der Waals surface area contributed by atoms with Gasteiger partial charge in [-0.3, -0.25) is 4.79 Å². The highest BCUT2D eigenvalue weighted by Gasteiger charge is 2.29. The molecule has 4 rings (SSSR count). The minimum absolute atomic E-state index is 0.104. The van der Waals surface area contributed by atoms with Gasteiger partial charge in [-0.25, -0.2) is 0 Å². The topological polar surface area (TPSA) is 147 Å². The van der Waals surface area contributed by atoms with Crippen LogP contribution in [0.1, 0.15) is 53.8 Å². The third-order valence-electron chi connectivity index (χ3n) is 5.98. The average molecular weight is 488 g/mol. The fourth-order valence-corrected chi connectivity index (χ4v) is 4.57.